The normalized spacial score (nSPS) is 12.2. The molecule has 1 rings (SSSR count). The molecule has 1 aromatic rings. The molecule has 1 aromatic carbocycles. The molecule has 0 radical (unpaired) electrons. The molecule has 0 saturated carbocycles. The lowest BCUT2D eigenvalue weighted by atomic mass is 10.1. The van der Waals surface area contributed by atoms with Crippen molar-refractivity contribution < 1.29 is 17.9 Å². The molecule has 20 heavy (non-hydrogen) atoms. The Labute approximate surface area is 118 Å². The van der Waals surface area contributed by atoms with E-state index in [1.165, 1.54) is 12.1 Å². The molecule has 6 heteroatoms. The highest BCUT2D eigenvalue weighted by atomic mass is 32.2. The molecule has 0 saturated heterocycles. The van der Waals surface area contributed by atoms with Gasteiger partial charge in [0, 0.05) is 11.3 Å². The largest absolute Gasteiger partial charge is 0.465 e. The van der Waals surface area contributed by atoms with Crippen LogP contribution in [-0.2, 0) is 19.4 Å². The van der Waals surface area contributed by atoms with Gasteiger partial charge in [0.25, 0.3) is 0 Å². The first-order valence-electron chi connectivity index (χ1n) is 5.97. The van der Waals surface area contributed by atoms with Crippen molar-refractivity contribution in [3.63, 3.8) is 0 Å². The summed E-state index contributed by atoms with van der Waals surface area (Å²) in [5.41, 5.74) is 0. The van der Waals surface area contributed by atoms with Crippen molar-refractivity contribution >= 4 is 15.8 Å². The summed E-state index contributed by atoms with van der Waals surface area (Å²) in [5, 5.41) is 8.92. The van der Waals surface area contributed by atoms with E-state index in [1.807, 2.05) is 0 Å². The molecule has 0 heterocycles. The maximum atomic E-state index is 12.2. The highest BCUT2D eigenvalue weighted by Gasteiger charge is 2.26. The summed E-state index contributed by atoms with van der Waals surface area (Å²) in [4.78, 5) is 11.4. The average Bonchev–Trinajstić information content (AvgIpc) is 2.45. The number of rotatable bonds is 6. The third-order valence-electron chi connectivity index (χ3n) is 2.59. The fourth-order valence-electron chi connectivity index (χ4n) is 1.53. The molecule has 1 unspecified atom stereocenters. The molecule has 106 valence electrons. The molecule has 0 N–H and O–H groups in total. The fourth-order valence-corrected chi connectivity index (χ4v) is 2.76. The van der Waals surface area contributed by atoms with Crippen LogP contribution in [-0.4, -0.2) is 21.0 Å². The van der Waals surface area contributed by atoms with Gasteiger partial charge in [-0.2, -0.15) is 5.26 Å². The van der Waals surface area contributed by atoms with E-state index in [0.29, 0.717) is 0 Å². The number of benzene rings is 1. The van der Waals surface area contributed by atoms with Crippen LogP contribution >= 0.6 is 0 Å². The zero-order valence-corrected chi connectivity index (χ0v) is 11.9. The van der Waals surface area contributed by atoms with E-state index in [0.717, 1.165) is 0 Å². The maximum Gasteiger partial charge on any atom is 0.323 e. The molecule has 0 aliphatic rings. The van der Waals surface area contributed by atoms with Crippen molar-refractivity contribution in [3.05, 3.63) is 41.8 Å². The van der Waals surface area contributed by atoms with Gasteiger partial charge in [-0.05, 0) is 19.1 Å². The third-order valence-corrected chi connectivity index (χ3v) is 4.41. The second-order valence-corrected chi connectivity index (χ2v) is 6.05. The smallest absolute Gasteiger partial charge is 0.323 e. The minimum Gasteiger partial charge on any atom is -0.465 e. The van der Waals surface area contributed by atoms with E-state index < -0.39 is 21.7 Å². The SMILES string of the molecule is C=C(CC(C#N)C(=O)OCC)S(=O)(=O)c1ccccc1. The molecule has 0 fully saturated rings. The van der Waals surface area contributed by atoms with Gasteiger partial charge in [-0.25, -0.2) is 8.42 Å². The van der Waals surface area contributed by atoms with Gasteiger partial charge < -0.3 is 4.74 Å². The second kappa shape index (κ2) is 6.87. The Balaban J connectivity index is 2.91. The number of allylic oxidation sites excluding steroid dienone is 1. The van der Waals surface area contributed by atoms with Gasteiger partial charge in [0.05, 0.1) is 17.6 Å². The first-order chi connectivity index (χ1) is 9.43. The first kappa shape index (κ1) is 15.9. The molecule has 1 atom stereocenters. The predicted molar refractivity (Wildman–Crippen MR) is 73.1 cm³/mol. The summed E-state index contributed by atoms with van der Waals surface area (Å²) < 4.78 is 29.1. The lowest BCUT2D eigenvalue weighted by molar-refractivity contribution is -0.145. The van der Waals surface area contributed by atoms with Crippen molar-refractivity contribution in [1.29, 1.82) is 5.26 Å². The standard InChI is InChI=1S/C14H15NO4S/c1-3-19-14(16)12(10-15)9-11(2)20(17,18)13-7-5-4-6-8-13/h4-8,12H,2-3,9H2,1H3. The van der Waals surface area contributed by atoms with E-state index in [1.54, 1.807) is 31.2 Å². The third kappa shape index (κ3) is 3.68. The lowest BCUT2D eigenvalue weighted by Crippen LogP contribution is -2.18. The van der Waals surface area contributed by atoms with Gasteiger partial charge in [-0.3, -0.25) is 4.79 Å². The Hall–Kier alpha value is -2.13. The number of nitrogens with zero attached hydrogens (tertiary/aromatic N) is 1. The number of hydrogen-bond donors (Lipinski definition) is 0. The predicted octanol–water partition coefficient (Wildman–Crippen LogP) is 2.07. The van der Waals surface area contributed by atoms with E-state index in [-0.39, 0.29) is 22.8 Å². The summed E-state index contributed by atoms with van der Waals surface area (Å²) >= 11 is 0. The Bertz CT molecular complexity index is 629. The minimum absolute atomic E-state index is 0.0885. The molecular formula is C14H15NO4S. The Morgan fingerprint density at radius 3 is 2.50 bits per heavy atom. The first-order valence-corrected chi connectivity index (χ1v) is 7.46. The van der Waals surface area contributed by atoms with Gasteiger partial charge in [0.1, 0.15) is 5.92 Å². The van der Waals surface area contributed by atoms with Crippen LogP contribution in [0.5, 0.6) is 0 Å². The summed E-state index contributed by atoms with van der Waals surface area (Å²) in [7, 11) is -3.75. The number of nitriles is 1. The molecule has 5 nitrogen and oxygen atoms in total. The molecule has 0 spiro atoms. The summed E-state index contributed by atoms with van der Waals surface area (Å²) in [6.07, 6.45) is -0.271. The zero-order chi connectivity index (χ0) is 15.2. The van der Waals surface area contributed by atoms with E-state index in [2.05, 4.69) is 6.58 Å². The Morgan fingerprint density at radius 1 is 1.40 bits per heavy atom. The molecule has 0 aliphatic carbocycles. The van der Waals surface area contributed by atoms with Gasteiger partial charge in [0.15, 0.2) is 0 Å². The fraction of sp³-hybridized carbons (Fsp3) is 0.286. The lowest BCUT2D eigenvalue weighted by Gasteiger charge is -2.11. The summed E-state index contributed by atoms with van der Waals surface area (Å²) in [6.45, 7) is 5.23. The second-order valence-electron chi connectivity index (χ2n) is 3.99. The topological polar surface area (TPSA) is 84.2 Å². The minimum atomic E-state index is -3.75. The number of carbonyl (C=O) groups is 1. The van der Waals surface area contributed by atoms with E-state index in [9.17, 15) is 13.2 Å². The maximum absolute atomic E-state index is 12.2. The Morgan fingerprint density at radius 2 is 2.00 bits per heavy atom. The van der Waals surface area contributed by atoms with Crippen molar-refractivity contribution in [1.82, 2.24) is 0 Å². The van der Waals surface area contributed by atoms with Crippen LogP contribution in [0, 0.1) is 17.2 Å². The number of sulfone groups is 1. The monoisotopic (exact) mass is 293 g/mol. The number of esters is 1. The van der Waals surface area contributed by atoms with Gasteiger partial charge in [0.2, 0.25) is 9.84 Å². The highest BCUT2D eigenvalue weighted by molar-refractivity contribution is 7.95. The average molecular weight is 293 g/mol. The number of ether oxygens (including phenoxy) is 1. The zero-order valence-electron chi connectivity index (χ0n) is 11.1. The molecule has 0 bridgehead atoms. The molecular weight excluding hydrogens is 278 g/mol. The van der Waals surface area contributed by atoms with Crippen molar-refractivity contribution in [2.75, 3.05) is 6.61 Å². The van der Waals surface area contributed by atoms with Gasteiger partial charge >= 0.3 is 5.97 Å². The van der Waals surface area contributed by atoms with Crippen LogP contribution < -0.4 is 0 Å². The van der Waals surface area contributed by atoms with Crippen LogP contribution in [0.25, 0.3) is 0 Å². The van der Waals surface area contributed by atoms with Gasteiger partial charge in [-0.1, -0.05) is 24.8 Å². The summed E-state index contributed by atoms with van der Waals surface area (Å²) in [5.74, 6) is -1.90. The summed E-state index contributed by atoms with van der Waals surface area (Å²) in [6, 6.07) is 9.49. The van der Waals surface area contributed by atoms with Gasteiger partial charge in [-0.15, -0.1) is 0 Å². The van der Waals surface area contributed by atoms with Crippen LogP contribution in [0.4, 0.5) is 0 Å². The van der Waals surface area contributed by atoms with Crippen LogP contribution in [0.3, 0.4) is 0 Å². The van der Waals surface area contributed by atoms with E-state index in [4.69, 9.17) is 10.00 Å². The van der Waals surface area contributed by atoms with Crippen LogP contribution in [0.1, 0.15) is 13.3 Å². The van der Waals surface area contributed by atoms with Crippen molar-refractivity contribution in [2.45, 2.75) is 18.2 Å². The Kier molecular flexibility index (Phi) is 5.47. The molecule has 0 amide bonds. The van der Waals surface area contributed by atoms with Crippen molar-refractivity contribution in [2.24, 2.45) is 5.92 Å². The quantitative estimate of drug-likeness (QED) is 0.750. The van der Waals surface area contributed by atoms with Crippen LogP contribution in [0.15, 0.2) is 46.7 Å². The van der Waals surface area contributed by atoms with Crippen molar-refractivity contribution in [3.8, 4) is 6.07 Å². The highest BCUT2D eigenvalue weighted by Crippen LogP contribution is 2.23. The number of hydrogen-bond acceptors (Lipinski definition) is 5. The van der Waals surface area contributed by atoms with E-state index >= 15 is 0 Å². The van der Waals surface area contributed by atoms with Crippen LogP contribution in [0.2, 0.25) is 0 Å². The number of carbonyl (C=O) groups excluding carboxylic acids is 1. The molecule has 0 aliphatic heterocycles. The molecule has 0 aromatic heterocycles.